The number of rotatable bonds is 6. The summed E-state index contributed by atoms with van der Waals surface area (Å²) in [6.07, 6.45) is 0.843. The summed E-state index contributed by atoms with van der Waals surface area (Å²) in [5.41, 5.74) is 12.1. The van der Waals surface area contributed by atoms with Crippen molar-refractivity contribution in [3.8, 4) is 11.1 Å². The molecule has 2 heteroatoms. The second-order valence-corrected chi connectivity index (χ2v) is 14.6. The first-order chi connectivity index (χ1) is 27.2. The SMILES string of the molecule is c1ccc2c(c1)Cc1c-2ccc(N(c2ccc3ccccc3c2)c2ccc3ccccc3c2)c1N(c1ccc2ccccc2c1)c1ccc2ccccc2c1. The van der Waals surface area contributed by atoms with Crippen molar-refractivity contribution in [3.63, 3.8) is 0 Å². The summed E-state index contributed by atoms with van der Waals surface area (Å²) < 4.78 is 0. The highest BCUT2D eigenvalue weighted by Crippen LogP contribution is 2.53. The Labute approximate surface area is 320 Å². The molecule has 0 bridgehead atoms. The van der Waals surface area contributed by atoms with Crippen LogP contribution in [0.4, 0.5) is 34.1 Å². The van der Waals surface area contributed by atoms with Crippen LogP contribution in [0.1, 0.15) is 11.1 Å². The molecule has 0 radical (unpaired) electrons. The lowest BCUT2D eigenvalue weighted by atomic mass is 9.98. The minimum Gasteiger partial charge on any atom is -0.308 e. The van der Waals surface area contributed by atoms with Gasteiger partial charge in [0.05, 0.1) is 11.4 Å². The maximum absolute atomic E-state index is 2.52. The smallest absolute Gasteiger partial charge is 0.0744 e. The number of hydrogen-bond donors (Lipinski definition) is 0. The Morgan fingerprint density at radius 2 is 0.673 bits per heavy atom. The van der Waals surface area contributed by atoms with E-state index < -0.39 is 0 Å². The van der Waals surface area contributed by atoms with E-state index in [2.05, 4.69) is 216 Å². The molecule has 0 atom stereocenters. The third-order valence-corrected chi connectivity index (χ3v) is 11.4. The van der Waals surface area contributed by atoms with Crippen molar-refractivity contribution in [1.82, 2.24) is 0 Å². The predicted molar refractivity (Wildman–Crippen MR) is 234 cm³/mol. The van der Waals surface area contributed by atoms with Crippen LogP contribution in [-0.4, -0.2) is 0 Å². The van der Waals surface area contributed by atoms with E-state index >= 15 is 0 Å². The van der Waals surface area contributed by atoms with Gasteiger partial charge in [0, 0.05) is 29.2 Å². The average Bonchev–Trinajstić information content (AvgIpc) is 3.63. The Balaban J connectivity index is 1.25. The third-order valence-electron chi connectivity index (χ3n) is 11.4. The number of hydrogen-bond acceptors (Lipinski definition) is 2. The summed E-state index contributed by atoms with van der Waals surface area (Å²) in [7, 11) is 0. The molecule has 2 nitrogen and oxygen atoms in total. The molecule has 1 aliphatic carbocycles. The number of anilines is 6. The molecule has 0 unspecified atom stereocenters. The van der Waals surface area contributed by atoms with Gasteiger partial charge in [0.2, 0.25) is 0 Å². The summed E-state index contributed by atoms with van der Waals surface area (Å²) in [5, 5.41) is 9.75. The Morgan fingerprint density at radius 1 is 0.291 bits per heavy atom. The van der Waals surface area contributed by atoms with Gasteiger partial charge in [-0.2, -0.15) is 0 Å². The van der Waals surface area contributed by atoms with Gasteiger partial charge >= 0.3 is 0 Å². The fraction of sp³-hybridized carbons (Fsp3) is 0.0189. The Hall–Kier alpha value is -7.16. The van der Waals surface area contributed by atoms with Gasteiger partial charge in [-0.1, -0.05) is 152 Å². The molecule has 1 aliphatic rings. The standard InChI is InChI=1S/C53H36N2/c1-5-15-40-31-45(25-21-36(40)11-1)54(46-26-22-37-12-2-6-16-41(37)32-46)52-30-29-50-49-20-10-9-19-44(49)35-51(50)53(52)55(47-27-23-38-13-3-7-17-42(38)33-47)48-28-24-39-14-4-8-18-43(39)34-48/h1-34H,35H2. The van der Waals surface area contributed by atoms with E-state index in [0.29, 0.717) is 0 Å². The van der Waals surface area contributed by atoms with Crippen molar-refractivity contribution in [2.75, 3.05) is 9.80 Å². The summed E-state index contributed by atoms with van der Waals surface area (Å²) in [4.78, 5) is 5.00. The summed E-state index contributed by atoms with van der Waals surface area (Å²) in [6, 6.07) is 75.9. The normalized spacial score (nSPS) is 11.9. The molecule has 0 aromatic heterocycles. The molecule has 55 heavy (non-hydrogen) atoms. The fourth-order valence-corrected chi connectivity index (χ4v) is 8.71. The van der Waals surface area contributed by atoms with Crippen molar-refractivity contribution >= 4 is 77.2 Å². The quantitative estimate of drug-likeness (QED) is 0.170. The van der Waals surface area contributed by atoms with Gasteiger partial charge < -0.3 is 9.80 Å². The second kappa shape index (κ2) is 12.8. The van der Waals surface area contributed by atoms with Crippen molar-refractivity contribution in [2.24, 2.45) is 0 Å². The first-order valence-corrected chi connectivity index (χ1v) is 19.0. The van der Waals surface area contributed by atoms with E-state index in [1.165, 1.54) is 71.0 Å². The first kappa shape index (κ1) is 31.4. The zero-order valence-corrected chi connectivity index (χ0v) is 30.2. The van der Waals surface area contributed by atoms with Gasteiger partial charge in [-0.25, -0.2) is 0 Å². The maximum atomic E-state index is 2.52. The molecule has 0 spiro atoms. The van der Waals surface area contributed by atoms with E-state index in [4.69, 9.17) is 0 Å². The van der Waals surface area contributed by atoms with E-state index in [1.54, 1.807) is 0 Å². The van der Waals surface area contributed by atoms with Crippen LogP contribution in [-0.2, 0) is 6.42 Å². The summed E-state index contributed by atoms with van der Waals surface area (Å²) in [6.45, 7) is 0. The van der Waals surface area contributed by atoms with Crippen LogP contribution in [0.5, 0.6) is 0 Å². The molecule has 11 rings (SSSR count). The Morgan fingerprint density at radius 3 is 1.13 bits per heavy atom. The Kier molecular flexibility index (Phi) is 7.28. The van der Waals surface area contributed by atoms with Gasteiger partial charge in [0.15, 0.2) is 0 Å². The highest BCUT2D eigenvalue weighted by atomic mass is 15.2. The van der Waals surface area contributed by atoms with Gasteiger partial charge in [0.25, 0.3) is 0 Å². The topological polar surface area (TPSA) is 6.48 Å². The van der Waals surface area contributed by atoms with Crippen LogP contribution in [0, 0.1) is 0 Å². The minimum absolute atomic E-state index is 0.843. The largest absolute Gasteiger partial charge is 0.308 e. The van der Waals surface area contributed by atoms with Crippen LogP contribution in [0.25, 0.3) is 54.2 Å². The van der Waals surface area contributed by atoms with Gasteiger partial charge in [-0.3, -0.25) is 0 Å². The van der Waals surface area contributed by atoms with Crippen LogP contribution >= 0.6 is 0 Å². The molecule has 0 amide bonds. The molecule has 0 aliphatic heterocycles. The lowest BCUT2D eigenvalue weighted by Gasteiger charge is -2.35. The maximum Gasteiger partial charge on any atom is 0.0744 e. The highest BCUT2D eigenvalue weighted by molar-refractivity contribution is 6.02. The number of nitrogens with zero attached hydrogens (tertiary/aromatic N) is 2. The molecular weight excluding hydrogens is 665 g/mol. The molecule has 0 saturated carbocycles. The molecule has 0 heterocycles. The molecule has 0 N–H and O–H groups in total. The number of fused-ring (bicyclic) bond motifs is 7. The van der Waals surface area contributed by atoms with Crippen molar-refractivity contribution < 1.29 is 0 Å². The van der Waals surface area contributed by atoms with Crippen LogP contribution in [0.15, 0.2) is 206 Å². The van der Waals surface area contributed by atoms with Gasteiger partial charge in [0.1, 0.15) is 0 Å². The summed E-state index contributed by atoms with van der Waals surface area (Å²) >= 11 is 0. The highest BCUT2D eigenvalue weighted by Gasteiger charge is 2.31. The first-order valence-electron chi connectivity index (χ1n) is 19.0. The van der Waals surface area contributed by atoms with Crippen LogP contribution < -0.4 is 9.80 Å². The van der Waals surface area contributed by atoms with E-state index in [9.17, 15) is 0 Å². The zero-order valence-electron chi connectivity index (χ0n) is 30.2. The lowest BCUT2D eigenvalue weighted by Crippen LogP contribution is -2.18. The van der Waals surface area contributed by atoms with E-state index in [1.807, 2.05) is 0 Å². The second-order valence-electron chi connectivity index (χ2n) is 14.6. The lowest BCUT2D eigenvalue weighted by molar-refractivity contribution is 1.18. The number of benzene rings is 10. The molecule has 0 fully saturated rings. The molecule has 0 saturated heterocycles. The monoisotopic (exact) mass is 700 g/mol. The van der Waals surface area contributed by atoms with E-state index in [-0.39, 0.29) is 0 Å². The average molecular weight is 701 g/mol. The van der Waals surface area contributed by atoms with Crippen molar-refractivity contribution in [3.05, 3.63) is 217 Å². The van der Waals surface area contributed by atoms with Crippen LogP contribution in [0.2, 0.25) is 0 Å². The van der Waals surface area contributed by atoms with Crippen molar-refractivity contribution in [1.29, 1.82) is 0 Å². The van der Waals surface area contributed by atoms with Crippen LogP contribution in [0.3, 0.4) is 0 Å². The molecule has 10 aromatic rings. The van der Waals surface area contributed by atoms with Crippen molar-refractivity contribution in [2.45, 2.75) is 6.42 Å². The summed E-state index contributed by atoms with van der Waals surface area (Å²) in [5.74, 6) is 0. The van der Waals surface area contributed by atoms with E-state index in [0.717, 1.165) is 34.9 Å². The minimum atomic E-state index is 0.843. The molecule has 10 aromatic carbocycles. The fourth-order valence-electron chi connectivity index (χ4n) is 8.71. The van der Waals surface area contributed by atoms with Gasteiger partial charge in [-0.05, 0) is 120 Å². The molecular formula is C53H36N2. The Bertz CT molecular complexity index is 2950. The molecule has 258 valence electrons. The zero-order chi connectivity index (χ0) is 36.3. The predicted octanol–water partition coefficient (Wildman–Crippen LogP) is 14.8. The third kappa shape index (κ3) is 5.34. The van der Waals surface area contributed by atoms with Gasteiger partial charge in [-0.15, -0.1) is 0 Å².